The first-order valence-corrected chi connectivity index (χ1v) is 8.60. The van der Waals surface area contributed by atoms with E-state index in [1.54, 1.807) is 0 Å². The molecular weight excluding hydrogens is 318 g/mol. The van der Waals surface area contributed by atoms with Gasteiger partial charge in [0.2, 0.25) is 0 Å². The van der Waals surface area contributed by atoms with E-state index in [-0.39, 0.29) is 12.1 Å². The maximum absolute atomic E-state index is 12.1. The lowest BCUT2D eigenvalue weighted by atomic mass is 10.1. The van der Waals surface area contributed by atoms with Gasteiger partial charge < -0.3 is 19.5 Å². The Morgan fingerprint density at radius 1 is 1.28 bits per heavy atom. The van der Waals surface area contributed by atoms with E-state index >= 15 is 0 Å². The molecule has 1 aromatic rings. The normalized spacial score (nSPS) is 23.4. The van der Waals surface area contributed by atoms with E-state index in [4.69, 9.17) is 14.2 Å². The molecule has 1 amide bonds. The highest BCUT2D eigenvalue weighted by Crippen LogP contribution is 2.24. The van der Waals surface area contributed by atoms with Gasteiger partial charge in [-0.1, -0.05) is 42.0 Å². The maximum Gasteiger partial charge on any atom is 0.408 e. The van der Waals surface area contributed by atoms with Crippen LogP contribution in [0.25, 0.3) is 6.08 Å². The number of nitrogens with one attached hydrogen (secondary N) is 1. The van der Waals surface area contributed by atoms with Gasteiger partial charge in [-0.3, -0.25) is 0 Å². The van der Waals surface area contributed by atoms with Gasteiger partial charge in [-0.2, -0.15) is 0 Å². The zero-order chi connectivity index (χ0) is 18.7. The predicted octanol–water partition coefficient (Wildman–Crippen LogP) is 4.05. The first-order chi connectivity index (χ1) is 11.5. The van der Waals surface area contributed by atoms with Crippen molar-refractivity contribution in [3.8, 4) is 0 Å². The molecule has 1 N–H and O–H groups in total. The number of ether oxygens (including phenoxy) is 3. The average Bonchev–Trinajstić information content (AvgIpc) is 2.47. The van der Waals surface area contributed by atoms with Crippen molar-refractivity contribution in [2.24, 2.45) is 0 Å². The topological polar surface area (TPSA) is 56.8 Å². The minimum atomic E-state index is -0.700. The van der Waals surface area contributed by atoms with Crippen molar-refractivity contribution >= 4 is 12.2 Å². The summed E-state index contributed by atoms with van der Waals surface area (Å²) in [6, 6.07) is 7.90. The largest absolute Gasteiger partial charge is 0.444 e. The summed E-state index contributed by atoms with van der Waals surface area (Å²) in [7, 11) is 0. The Bertz CT molecular complexity index is 614. The van der Waals surface area contributed by atoms with Crippen molar-refractivity contribution in [3.05, 3.63) is 41.5 Å². The van der Waals surface area contributed by atoms with Gasteiger partial charge in [0.1, 0.15) is 11.7 Å². The van der Waals surface area contributed by atoms with Crippen LogP contribution >= 0.6 is 0 Å². The van der Waals surface area contributed by atoms with Crippen molar-refractivity contribution in [1.29, 1.82) is 0 Å². The molecule has 1 aromatic carbocycles. The molecule has 5 heteroatoms. The number of carbonyl (C=O) groups is 1. The zero-order valence-electron chi connectivity index (χ0n) is 16.0. The number of alkyl carbamates (subject to hydrolysis) is 1. The zero-order valence-corrected chi connectivity index (χ0v) is 16.0. The van der Waals surface area contributed by atoms with E-state index in [2.05, 4.69) is 24.4 Å². The molecule has 0 aliphatic carbocycles. The monoisotopic (exact) mass is 347 g/mol. The third-order valence-corrected chi connectivity index (χ3v) is 3.68. The Labute approximate surface area is 150 Å². The van der Waals surface area contributed by atoms with Crippen LogP contribution in [0.15, 0.2) is 30.3 Å². The molecule has 0 aromatic heterocycles. The highest BCUT2D eigenvalue weighted by Gasteiger charge is 2.36. The van der Waals surface area contributed by atoms with Crippen LogP contribution in [0.3, 0.4) is 0 Å². The molecule has 1 unspecified atom stereocenters. The molecule has 138 valence electrons. The number of hydrogen-bond acceptors (Lipinski definition) is 4. The quantitative estimate of drug-likeness (QED) is 0.896. The summed E-state index contributed by atoms with van der Waals surface area (Å²) in [6.07, 6.45) is 3.17. The van der Waals surface area contributed by atoms with Crippen molar-refractivity contribution in [2.75, 3.05) is 6.61 Å². The fourth-order valence-corrected chi connectivity index (χ4v) is 2.47. The molecule has 2 atom stereocenters. The lowest BCUT2D eigenvalue weighted by Gasteiger charge is -2.40. The van der Waals surface area contributed by atoms with Gasteiger partial charge in [0, 0.05) is 0 Å². The van der Waals surface area contributed by atoms with E-state index in [9.17, 15) is 4.79 Å². The van der Waals surface area contributed by atoms with Crippen LogP contribution in [0.4, 0.5) is 4.79 Å². The molecule has 1 aliphatic heterocycles. The lowest BCUT2D eigenvalue weighted by molar-refractivity contribution is -0.271. The van der Waals surface area contributed by atoms with Gasteiger partial charge in [-0.15, -0.1) is 0 Å². The second-order valence-corrected chi connectivity index (χ2v) is 7.82. The summed E-state index contributed by atoms with van der Waals surface area (Å²) in [5.41, 5.74) is 1.74. The molecule has 2 rings (SSSR count). The maximum atomic E-state index is 12.1. The third kappa shape index (κ3) is 6.52. The standard InChI is InChI=1S/C20H29NO4/c1-14-7-9-15(10-8-14)11-12-17-16(13-23-20(5,6)24-17)21-18(22)25-19(2,3)4/h7-12,16-17H,13H2,1-6H3,(H,21,22)/b12-11+/t16?,17-/m1/s1. The Morgan fingerprint density at radius 3 is 2.52 bits per heavy atom. The van der Waals surface area contributed by atoms with Crippen LogP contribution < -0.4 is 5.32 Å². The minimum absolute atomic E-state index is 0.308. The Balaban J connectivity index is 2.08. The third-order valence-electron chi connectivity index (χ3n) is 3.68. The van der Waals surface area contributed by atoms with Crippen LogP contribution in [0.2, 0.25) is 0 Å². The van der Waals surface area contributed by atoms with E-state index in [0.717, 1.165) is 5.56 Å². The lowest BCUT2D eigenvalue weighted by Crippen LogP contribution is -2.55. The molecule has 0 bridgehead atoms. The summed E-state index contributed by atoms with van der Waals surface area (Å²) in [4.78, 5) is 12.1. The predicted molar refractivity (Wildman–Crippen MR) is 98.3 cm³/mol. The minimum Gasteiger partial charge on any atom is -0.444 e. The number of aryl methyl sites for hydroxylation is 1. The summed E-state index contributed by atoms with van der Waals surface area (Å²) < 4.78 is 17.0. The number of amides is 1. The van der Waals surface area contributed by atoms with E-state index < -0.39 is 17.5 Å². The Morgan fingerprint density at radius 2 is 1.92 bits per heavy atom. The fraction of sp³-hybridized carbons (Fsp3) is 0.550. The van der Waals surface area contributed by atoms with Crippen molar-refractivity contribution in [2.45, 2.75) is 65.1 Å². The van der Waals surface area contributed by atoms with Gasteiger partial charge in [0.25, 0.3) is 0 Å². The molecule has 1 saturated heterocycles. The highest BCUT2D eigenvalue weighted by atomic mass is 16.7. The molecular formula is C20H29NO4. The van der Waals surface area contributed by atoms with Gasteiger partial charge >= 0.3 is 6.09 Å². The van der Waals surface area contributed by atoms with Gasteiger partial charge in [-0.05, 0) is 47.1 Å². The molecule has 0 radical (unpaired) electrons. The Kier molecular flexibility index (Phi) is 5.91. The van der Waals surface area contributed by atoms with E-state index in [1.165, 1.54) is 5.56 Å². The average molecular weight is 347 g/mol. The second-order valence-electron chi connectivity index (χ2n) is 7.82. The first kappa shape index (κ1) is 19.5. The van der Waals surface area contributed by atoms with Crippen molar-refractivity contribution in [1.82, 2.24) is 5.32 Å². The number of rotatable bonds is 3. The first-order valence-electron chi connectivity index (χ1n) is 8.60. The van der Waals surface area contributed by atoms with Gasteiger partial charge in [0.05, 0.1) is 12.6 Å². The molecule has 5 nitrogen and oxygen atoms in total. The molecule has 1 heterocycles. The summed E-state index contributed by atoms with van der Waals surface area (Å²) in [5.74, 6) is -0.700. The molecule has 1 fully saturated rings. The van der Waals surface area contributed by atoms with Crippen LogP contribution in [0.5, 0.6) is 0 Å². The van der Waals surface area contributed by atoms with Crippen molar-refractivity contribution < 1.29 is 19.0 Å². The van der Waals surface area contributed by atoms with Crippen LogP contribution in [-0.2, 0) is 14.2 Å². The number of hydrogen-bond donors (Lipinski definition) is 1. The van der Waals surface area contributed by atoms with Gasteiger partial charge in [0.15, 0.2) is 5.79 Å². The SMILES string of the molecule is Cc1ccc(/C=C/[C@H]2OC(C)(C)OCC2NC(=O)OC(C)(C)C)cc1. The molecule has 25 heavy (non-hydrogen) atoms. The van der Waals surface area contributed by atoms with Crippen LogP contribution in [-0.4, -0.2) is 36.2 Å². The Hall–Kier alpha value is -1.85. The second kappa shape index (κ2) is 7.58. The van der Waals surface area contributed by atoms with Crippen LogP contribution in [0.1, 0.15) is 45.7 Å². The highest BCUT2D eigenvalue weighted by molar-refractivity contribution is 5.68. The summed E-state index contributed by atoms with van der Waals surface area (Å²) in [5, 5.41) is 2.85. The van der Waals surface area contributed by atoms with E-state index in [0.29, 0.717) is 6.61 Å². The molecule has 0 saturated carbocycles. The van der Waals surface area contributed by atoms with E-state index in [1.807, 2.05) is 58.9 Å². The summed E-state index contributed by atoms with van der Waals surface area (Å²) in [6.45, 7) is 11.6. The molecule has 1 aliphatic rings. The van der Waals surface area contributed by atoms with Crippen molar-refractivity contribution in [3.63, 3.8) is 0 Å². The van der Waals surface area contributed by atoms with Gasteiger partial charge in [-0.25, -0.2) is 4.79 Å². The number of benzene rings is 1. The van der Waals surface area contributed by atoms with Crippen LogP contribution in [0, 0.1) is 6.92 Å². The number of carbonyl (C=O) groups excluding carboxylic acids is 1. The smallest absolute Gasteiger partial charge is 0.408 e. The fourth-order valence-electron chi connectivity index (χ4n) is 2.47. The summed E-state index contributed by atoms with van der Waals surface area (Å²) >= 11 is 0. The molecule has 0 spiro atoms.